The molecule has 2 unspecified atom stereocenters. The molecule has 1 saturated heterocycles. The summed E-state index contributed by atoms with van der Waals surface area (Å²) in [5, 5.41) is 9.03. The molecule has 1 aromatic carbocycles. The van der Waals surface area contributed by atoms with Gasteiger partial charge in [-0.15, -0.1) is 0 Å². The summed E-state index contributed by atoms with van der Waals surface area (Å²) in [6.45, 7) is 5.28. The summed E-state index contributed by atoms with van der Waals surface area (Å²) in [6, 6.07) is 8.72. The fraction of sp³-hybridized carbons (Fsp3) is 0.467. The molecule has 1 aromatic rings. The van der Waals surface area contributed by atoms with Crippen molar-refractivity contribution in [3.63, 3.8) is 0 Å². The third-order valence-corrected chi connectivity index (χ3v) is 3.85. The van der Waals surface area contributed by atoms with Gasteiger partial charge in [-0.05, 0) is 24.0 Å². The number of para-hydroxylation sites is 1. The Bertz CT molecular complexity index is 479. The second-order valence-electron chi connectivity index (χ2n) is 5.46. The minimum atomic E-state index is -1.01. The largest absolute Gasteiger partial charge is 0.480 e. The second-order valence-corrected chi connectivity index (χ2v) is 5.46. The minimum Gasteiger partial charge on any atom is -0.480 e. The van der Waals surface area contributed by atoms with Crippen LogP contribution in [0.1, 0.15) is 13.8 Å². The number of carbonyl (C=O) groups is 2. The van der Waals surface area contributed by atoms with E-state index in [0.717, 1.165) is 0 Å². The van der Waals surface area contributed by atoms with E-state index in [1.807, 2.05) is 6.07 Å². The Hall–Kier alpha value is -2.04. The molecule has 1 N–H and O–H groups in total. The first-order chi connectivity index (χ1) is 9.49. The van der Waals surface area contributed by atoms with E-state index < -0.39 is 5.97 Å². The lowest BCUT2D eigenvalue weighted by Crippen LogP contribution is -2.44. The maximum Gasteiger partial charge on any atom is 0.325 e. The maximum atomic E-state index is 12.6. The van der Waals surface area contributed by atoms with Gasteiger partial charge in [-0.3, -0.25) is 9.69 Å². The van der Waals surface area contributed by atoms with Crippen LogP contribution in [-0.2, 0) is 4.79 Å². The van der Waals surface area contributed by atoms with Crippen molar-refractivity contribution in [1.29, 1.82) is 0 Å². The third kappa shape index (κ3) is 3.10. The van der Waals surface area contributed by atoms with Crippen molar-refractivity contribution in [3.05, 3.63) is 30.3 Å². The number of carbonyl (C=O) groups excluding carboxylic acids is 1. The molecule has 0 aromatic heterocycles. The number of carboxylic acids is 1. The quantitative estimate of drug-likeness (QED) is 0.921. The zero-order valence-corrected chi connectivity index (χ0v) is 11.8. The predicted molar refractivity (Wildman–Crippen MR) is 76.7 cm³/mol. The number of hydrogen-bond donors (Lipinski definition) is 1. The van der Waals surface area contributed by atoms with Crippen molar-refractivity contribution in [2.45, 2.75) is 13.8 Å². The van der Waals surface area contributed by atoms with E-state index in [4.69, 9.17) is 5.11 Å². The normalized spacial score (nSPS) is 21.8. The smallest absolute Gasteiger partial charge is 0.325 e. The molecule has 1 heterocycles. The van der Waals surface area contributed by atoms with E-state index in [2.05, 4.69) is 13.8 Å². The monoisotopic (exact) mass is 276 g/mol. The first kappa shape index (κ1) is 14.4. The van der Waals surface area contributed by atoms with Crippen molar-refractivity contribution < 1.29 is 14.7 Å². The Morgan fingerprint density at radius 3 is 2.25 bits per heavy atom. The van der Waals surface area contributed by atoms with Crippen molar-refractivity contribution in [2.24, 2.45) is 11.8 Å². The Labute approximate surface area is 118 Å². The second kappa shape index (κ2) is 5.94. The molecule has 1 fully saturated rings. The van der Waals surface area contributed by atoms with Crippen molar-refractivity contribution in [2.75, 3.05) is 24.5 Å². The zero-order valence-electron chi connectivity index (χ0n) is 11.8. The molecule has 0 saturated carbocycles. The Balaban J connectivity index is 2.19. The lowest BCUT2D eigenvalue weighted by atomic mass is 10.0. The maximum absolute atomic E-state index is 12.6. The highest BCUT2D eigenvalue weighted by Gasteiger charge is 2.33. The number of hydrogen-bond acceptors (Lipinski definition) is 2. The fourth-order valence-electron chi connectivity index (χ4n) is 2.47. The van der Waals surface area contributed by atoms with E-state index in [-0.39, 0.29) is 12.6 Å². The summed E-state index contributed by atoms with van der Waals surface area (Å²) in [7, 11) is 0. The molecule has 108 valence electrons. The molecule has 1 aliphatic rings. The number of urea groups is 1. The topological polar surface area (TPSA) is 60.9 Å². The van der Waals surface area contributed by atoms with Crippen LogP contribution in [0.2, 0.25) is 0 Å². The SMILES string of the molecule is CC1CN(C(=O)N(CC(=O)O)c2ccccc2)CC1C. The molecule has 0 radical (unpaired) electrons. The highest BCUT2D eigenvalue weighted by atomic mass is 16.4. The van der Waals surface area contributed by atoms with Crippen LogP contribution in [0.4, 0.5) is 10.5 Å². The Morgan fingerprint density at radius 2 is 1.75 bits per heavy atom. The van der Waals surface area contributed by atoms with Gasteiger partial charge in [0.25, 0.3) is 0 Å². The summed E-state index contributed by atoms with van der Waals surface area (Å²) in [6.07, 6.45) is 0. The van der Waals surface area contributed by atoms with Gasteiger partial charge in [-0.1, -0.05) is 32.0 Å². The van der Waals surface area contributed by atoms with Crippen molar-refractivity contribution >= 4 is 17.7 Å². The third-order valence-electron chi connectivity index (χ3n) is 3.85. The Kier molecular flexibility index (Phi) is 4.27. The molecule has 2 amide bonds. The highest BCUT2D eigenvalue weighted by molar-refractivity contribution is 5.96. The lowest BCUT2D eigenvalue weighted by molar-refractivity contribution is -0.135. The molecular weight excluding hydrogens is 256 g/mol. The molecule has 2 rings (SSSR count). The number of nitrogens with zero attached hydrogens (tertiary/aromatic N) is 2. The van der Waals surface area contributed by atoms with Crippen LogP contribution in [0.25, 0.3) is 0 Å². The van der Waals surface area contributed by atoms with Gasteiger partial charge in [0.1, 0.15) is 6.54 Å². The highest BCUT2D eigenvalue weighted by Crippen LogP contribution is 2.25. The van der Waals surface area contributed by atoms with Gasteiger partial charge < -0.3 is 10.0 Å². The predicted octanol–water partition coefficient (Wildman–Crippen LogP) is 2.29. The van der Waals surface area contributed by atoms with E-state index in [9.17, 15) is 9.59 Å². The molecule has 0 aliphatic carbocycles. The summed E-state index contributed by atoms with van der Waals surface area (Å²) >= 11 is 0. The van der Waals surface area contributed by atoms with Gasteiger partial charge in [0.15, 0.2) is 0 Å². The summed E-state index contributed by atoms with van der Waals surface area (Å²) in [4.78, 5) is 26.6. The average molecular weight is 276 g/mol. The summed E-state index contributed by atoms with van der Waals surface area (Å²) in [5.41, 5.74) is 0.618. The molecular formula is C15H20N2O3. The van der Waals surface area contributed by atoms with Crippen LogP contribution in [0.15, 0.2) is 30.3 Å². The number of rotatable bonds is 3. The number of amides is 2. The van der Waals surface area contributed by atoms with Crippen LogP contribution in [-0.4, -0.2) is 41.6 Å². The number of likely N-dealkylation sites (tertiary alicyclic amines) is 1. The van der Waals surface area contributed by atoms with Crippen LogP contribution in [0, 0.1) is 11.8 Å². The van der Waals surface area contributed by atoms with Gasteiger partial charge >= 0.3 is 12.0 Å². The van der Waals surface area contributed by atoms with Crippen LogP contribution in [0.3, 0.4) is 0 Å². The van der Waals surface area contributed by atoms with Crippen molar-refractivity contribution in [3.8, 4) is 0 Å². The molecule has 0 spiro atoms. The fourth-order valence-corrected chi connectivity index (χ4v) is 2.47. The standard InChI is InChI=1S/C15H20N2O3/c1-11-8-16(9-12(11)2)15(20)17(10-14(18)19)13-6-4-3-5-7-13/h3-7,11-12H,8-10H2,1-2H3,(H,18,19). The number of benzene rings is 1. The van der Waals surface area contributed by atoms with Gasteiger partial charge in [0.05, 0.1) is 0 Å². The van der Waals surface area contributed by atoms with Crippen molar-refractivity contribution in [1.82, 2.24) is 4.90 Å². The first-order valence-corrected chi connectivity index (χ1v) is 6.82. The van der Waals surface area contributed by atoms with E-state index >= 15 is 0 Å². The van der Waals surface area contributed by atoms with Crippen LogP contribution >= 0.6 is 0 Å². The van der Waals surface area contributed by atoms with Gasteiger partial charge in [-0.2, -0.15) is 0 Å². The van der Waals surface area contributed by atoms with Gasteiger partial charge in [0.2, 0.25) is 0 Å². The molecule has 1 aliphatic heterocycles. The minimum absolute atomic E-state index is 0.227. The van der Waals surface area contributed by atoms with Gasteiger partial charge in [0, 0.05) is 18.8 Å². The van der Waals surface area contributed by atoms with E-state index in [1.54, 1.807) is 29.2 Å². The number of anilines is 1. The molecule has 5 nitrogen and oxygen atoms in total. The first-order valence-electron chi connectivity index (χ1n) is 6.82. The van der Waals surface area contributed by atoms with Gasteiger partial charge in [-0.25, -0.2) is 4.79 Å². The van der Waals surface area contributed by atoms with E-state index in [0.29, 0.717) is 30.6 Å². The number of carboxylic acid groups (broad SMARTS) is 1. The average Bonchev–Trinajstić information content (AvgIpc) is 2.76. The Morgan fingerprint density at radius 1 is 1.20 bits per heavy atom. The van der Waals surface area contributed by atoms with Crippen LogP contribution in [0.5, 0.6) is 0 Å². The lowest BCUT2D eigenvalue weighted by Gasteiger charge is -2.27. The number of aliphatic carboxylic acids is 1. The molecule has 5 heteroatoms. The summed E-state index contributed by atoms with van der Waals surface area (Å²) in [5.74, 6) is -0.120. The molecule has 20 heavy (non-hydrogen) atoms. The zero-order chi connectivity index (χ0) is 14.7. The molecule has 0 bridgehead atoms. The molecule has 2 atom stereocenters. The van der Waals surface area contributed by atoms with Crippen LogP contribution < -0.4 is 4.90 Å². The summed E-state index contributed by atoms with van der Waals surface area (Å²) < 4.78 is 0. The van der Waals surface area contributed by atoms with E-state index in [1.165, 1.54) is 4.90 Å².